The maximum Gasteiger partial charge on any atom is 0.143 e. The monoisotopic (exact) mass is 337 g/mol. The highest BCUT2D eigenvalue weighted by Crippen LogP contribution is 2.40. The summed E-state index contributed by atoms with van der Waals surface area (Å²) in [6, 6.07) is 11.9. The fraction of sp³-hybridized carbons (Fsp3) is 0.600. The van der Waals surface area contributed by atoms with Crippen LogP contribution < -0.4 is 5.32 Å². The number of nitrogens with zero attached hydrogens (tertiary/aromatic N) is 4. The van der Waals surface area contributed by atoms with Crippen molar-refractivity contribution in [2.24, 2.45) is 11.8 Å². The quantitative estimate of drug-likeness (QED) is 0.932. The van der Waals surface area contributed by atoms with Crippen LogP contribution in [0.25, 0.3) is 0 Å². The van der Waals surface area contributed by atoms with Crippen molar-refractivity contribution in [3.63, 3.8) is 0 Å². The molecule has 1 aromatic heterocycles. The lowest BCUT2D eigenvalue weighted by molar-refractivity contribution is 0.266. The lowest BCUT2D eigenvalue weighted by atomic mass is 9.96. The molecular weight excluding hydrogens is 310 g/mol. The molecule has 0 spiro atoms. The molecule has 2 fully saturated rings. The van der Waals surface area contributed by atoms with Crippen LogP contribution >= 0.6 is 0 Å². The molecule has 0 bridgehead atoms. The first-order chi connectivity index (χ1) is 12.4. The maximum atomic E-state index is 4.52. The van der Waals surface area contributed by atoms with Gasteiger partial charge in [-0.05, 0) is 43.1 Å². The second-order valence-electron chi connectivity index (χ2n) is 7.99. The third kappa shape index (κ3) is 3.00. The molecule has 0 amide bonds. The van der Waals surface area contributed by atoms with Gasteiger partial charge in [0, 0.05) is 32.2 Å². The van der Waals surface area contributed by atoms with Crippen LogP contribution in [0.15, 0.2) is 36.7 Å². The van der Waals surface area contributed by atoms with Crippen LogP contribution in [0, 0.1) is 11.8 Å². The molecule has 0 radical (unpaired) electrons. The van der Waals surface area contributed by atoms with E-state index < -0.39 is 0 Å². The number of nitrogens with one attached hydrogen (secondary N) is 1. The molecule has 4 atom stereocenters. The van der Waals surface area contributed by atoms with Gasteiger partial charge in [-0.25, -0.2) is 9.67 Å². The second-order valence-corrected chi connectivity index (χ2v) is 7.99. The molecule has 2 aliphatic heterocycles. The molecule has 5 heteroatoms. The number of benzene rings is 1. The van der Waals surface area contributed by atoms with Crippen molar-refractivity contribution < 1.29 is 0 Å². The zero-order valence-electron chi connectivity index (χ0n) is 14.7. The van der Waals surface area contributed by atoms with Gasteiger partial charge in [-0.15, -0.1) is 0 Å². The first-order valence-electron chi connectivity index (χ1n) is 9.77. The van der Waals surface area contributed by atoms with Crippen LogP contribution in [0.5, 0.6) is 0 Å². The summed E-state index contributed by atoms with van der Waals surface area (Å²) in [5.41, 5.74) is 1.44. The lowest BCUT2D eigenvalue weighted by Gasteiger charge is -2.29. The Balaban J connectivity index is 1.24. The van der Waals surface area contributed by atoms with E-state index in [2.05, 4.69) is 55.3 Å². The third-order valence-corrected chi connectivity index (χ3v) is 6.42. The van der Waals surface area contributed by atoms with Crippen LogP contribution in [0.4, 0.5) is 0 Å². The van der Waals surface area contributed by atoms with Gasteiger partial charge in [0.25, 0.3) is 0 Å². The SMILES string of the molecule is c1ccc(CN2C[C@@H]3CC[C@H](N[C@H]4CCCn5ncnc54)[C@@H]3C2)cc1. The third-order valence-electron chi connectivity index (χ3n) is 6.42. The molecule has 1 saturated heterocycles. The summed E-state index contributed by atoms with van der Waals surface area (Å²) in [5, 5.41) is 8.33. The molecule has 25 heavy (non-hydrogen) atoms. The molecule has 1 aromatic carbocycles. The van der Waals surface area contributed by atoms with E-state index >= 15 is 0 Å². The summed E-state index contributed by atoms with van der Waals surface area (Å²) >= 11 is 0. The molecule has 0 unspecified atom stereocenters. The van der Waals surface area contributed by atoms with E-state index in [1.54, 1.807) is 6.33 Å². The molecule has 3 aliphatic rings. The fourth-order valence-electron chi connectivity index (χ4n) is 5.24. The summed E-state index contributed by atoms with van der Waals surface area (Å²) in [5.74, 6) is 2.80. The van der Waals surface area contributed by atoms with Crippen LogP contribution in [0.3, 0.4) is 0 Å². The van der Waals surface area contributed by atoms with Crippen molar-refractivity contribution in [2.75, 3.05) is 13.1 Å². The number of hydrogen-bond donors (Lipinski definition) is 1. The normalized spacial score (nSPS) is 31.8. The van der Waals surface area contributed by atoms with E-state index in [0.29, 0.717) is 12.1 Å². The number of rotatable bonds is 4. The van der Waals surface area contributed by atoms with Crippen LogP contribution in [-0.2, 0) is 13.1 Å². The van der Waals surface area contributed by atoms with Crippen LogP contribution in [0.1, 0.15) is 43.1 Å². The first kappa shape index (κ1) is 15.5. The first-order valence-corrected chi connectivity index (χ1v) is 9.77. The molecule has 3 heterocycles. The van der Waals surface area contributed by atoms with E-state index in [-0.39, 0.29) is 0 Å². The van der Waals surface area contributed by atoms with Crippen molar-refractivity contribution in [1.82, 2.24) is 25.0 Å². The Hall–Kier alpha value is -1.72. The summed E-state index contributed by atoms with van der Waals surface area (Å²) < 4.78 is 2.09. The van der Waals surface area contributed by atoms with Crippen molar-refractivity contribution in [3.8, 4) is 0 Å². The fourth-order valence-corrected chi connectivity index (χ4v) is 5.24. The average molecular weight is 337 g/mol. The lowest BCUT2D eigenvalue weighted by Crippen LogP contribution is -2.40. The van der Waals surface area contributed by atoms with E-state index in [0.717, 1.165) is 30.7 Å². The van der Waals surface area contributed by atoms with Gasteiger partial charge in [0.15, 0.2) is 0 Å². The van der Waals surface area contributed by atoms with Crippen molar-refractivity contribution in [1.29, 1.82) is 0 Å². The highest BCUT2D eigenvalue weighted by molar-refractivity contribution is 5.15. The molecule has 5 nitrogen and oxygen atoms in total. The molecule has 1 saturated carbocycles. The van der Waals surface area contributed by atoms with Crippen LogP contribution in [-0.4, -0.2) is 38.8 Å². The zero-order chi connectivity index (χ0) is 16.6. The van der Waals surface area contributed by atoms with Crippen LogP contribution in [0.2, 0.25) is 0 Å². The highest BCUT2D eigenvalue weighted by Gasteiger charge is 2.43. The Bertz CT molecular complexity index is 712. The number of aryl methyl sites for hydroxylation is 1. The van der Waals surface area contributed by atoms with Gasteiger partial charge in [0.1, 0.15) is 12.2 Å². The second kappa shape index (κ2) is 6.54. The molecule has 1 aliphatic carbocycles. The van der Waals surface area contributed by atoms with E-state index in [9.17, 15) is 0 Å². The van der Waals surface area contributed by atoms with Gasteiger partial charge < -0.3 is 5.32 Å². The molecule has 1 N–H and O–H groups in total. The Labute approximate surface area is 149 Å². The molecule has 2 aromatic rings. The van der Waals surface area contributed by atoms with E-state index in [1.165, 1.54) is 44.3 Å². The minimum atomic E-state index is 0.392. The number of fused-ring (bicyclic) bond motifs is 2. The summed E-state index contributed by atoms with van der Waals surface area (Å²) in [6.45, 7) is 4.61. The number of aromatic nitrogens is 3. The van der Waals surface area contributed by atoms with Gasteiger partial charge in [-0.1, -0.05) is 30.3 Å². The standard InChI is InChI=1S/C20H27N5/c1-2-5-15(6-3-1)11-24-12-16-8-9-18(17(16)13-24)23-19-7-4-10-25-20(19)21-14-22-25/h1-3,5-6,14,16-19,23H,4,7-13H2/t16-,17+,18-,19-/m0/s1. The van der Waals surface area contributed by atoms with Gasteiger partial charge in [0.2, 0.25) is 0 Å². The maximum absolute atomic E-state index is 4.52. The Kier molecular flexibility index (Phi) is 4.06. The predicted octanol–water partition coefficient (Wildman–Crippen LogP) is 2.61. The minimum Gasteiger partial charge on any atom is -0.304 e. The largest absolute Gasteiger partial charge is 0.304 e. The van der Waals surface area contributed by atoms with Crippen molar-refractivity contribution in [3.05, 3.63) is 48.0 Å². The van der Waals surface area contributed by atoms with Gasteiger partial charge in [-0.2, -0.15) is 5.10 Å². The minimum absolute atomic E-state index is 0.392. The van der Waals surface area contributed by atoms with Gasteiger partial charge in [0.05, 0.1) is 6.04 Å². The summed E-state index contributed by atoms with van der Waals surface area (Å²) in [4.78, 5) is 7.17. The Morgan fingerprint density at radius 3 is 2.92 bits per heavy atom. The highest BCUT2D eigenvalue weighted by atomic mass is 15.4. The summed E-state index contributed by atoms with van der Waals surface area (Å²) in [7, 11) is 0. The smallest absolute Gasteiger partial charge is 0.143 e. The van der Waals surface area contributed by atoms with E-state index in [1.807, 2.05) is 0 Å². The number of hydrogen-bond acceptors (Lipinski definition) is 4. The van der Waals surface area contributed by atoms with E-state index in [4.69, 9.17) is 0 Å². The Morgan fingerprint density at radius 1 is 1.08 bits per heavy atom. The zero-order valence-corrected chi connectivity index (χ0v) is 14.7. The van der Waals surface area contributed by atoms with Gasteiger partial charge >= 0.3 is 0 Å². The average Bonchev–Trinajstić information content (AvgIpc) is 3.33. The predicted molar refractivity (Wildman–Crippen MR) is 96.9 cm³/mol. The van der Waals surface area contributed by atoms with Gasteiger partial charge in [-0.3, -0.25) is 4.90 Å². The van der Waals surface area contributed by atoms with Crippen molar-refractivity contribution in [2.45, 2.75) is 50.9 Å². The number of likely N-dealkylation sites (tertiary alicyclic amines) is 1. The molecule has 5 rings (SSSR count). The molecule has 132 valence electrons. The van der Waals surface area contributed by atoms with Crippen molar-refractivity contribution >= 4 is 0 Å². The summed E-state index contributed by atoms with van der Waals surface area (Å²) in [6.07, 6.45) is 6.80. The molecular formula is C20H27N5. The topological polar surface area (TPSA) is 46.0 Å². The Morgan fingerprint density at radius 2 is 2.00 bits per heavy atom.